The second-order valence-corrected chi connectivity index (χ2v) is 5.31. The Morgan fingerprint density at radius 1 is 1.00 bits per heavy atom. The fourth-order valence-corrected chi connectivity index (χ4v) is 2.89. The van der Waals surface area contributed by atoms with Gasteiger partial charge in [-0.1, -0.05) is 30.3 Å². The maximum atomic E-state index is 11.7. The van der Waals surface area contributed by atoms with E-state index in [9.17, 15) is 4.79 Å². The number of hydrogen-bond donors (Lipinski definition) is 1. The van der Waals surface area contributed by atoms with E-state index in [1.807, 2.05) is 42.6 Å². The van der Waals surface area contributed by atoms with Crippen molar-refractivity contribution in [1.29, 1.82) is 0 Å². The standard InChI is InChI=1S/C18H15N3O/c22-18-20-11-12-21(18)14-7-5-13(6-8-14)15-9-10-19-17-4-2-1-3-16(15)17/h1-10H,11-12H2,(H,20,22). The molecule has 108 valence electrons. The number of anilines is 1. The van der Waals surface area contributed by atoms with Crippen molar-refractivity contribution < 1.29 is 4.79 Å². The Labute approximate surface area is 128 Å². The largest absolute Gasteiger partial charge is 0.336 e. The molecule has 1 aliphatic heterocycles. The van der Waals surface area contributed by atoms with Gasteiger partial charge in [-0.25, -0.2) is 4.79 Å². The fraction of sp³-hybridized carbons (Fsp3) is 0.111. The molecule has 0 aliphatic carbocycles. The highest BCUT2D eigenvalue weighted by Crippen LogP contribution is 2.29. The van der Waals surface area contributed by atoms with Gasteiger partial charge in [-0.3, -0.25) is 9.88 Å². The molecule has 2 aromatic carbocycles. The second-order valence-electron chi connectivity index (χ2n) is 5.31. The van der Waals surface area contributed by atoms with Crippen LogP contribution in [-0.4, -0.2) is 24.1 Å². The van der Waals surface area contributed by atoms with Gasteiger partial charge in [0, 0.05) is 30.4 Å². The highest BCUT2D eigenvalue weighted by molar-refractivity contribution is 5.96. The number of nitrogens with one attached hydrogen (secondary N) is 1. The van der Waals surface area contributed by atoms with Gasteiger partial charge in [-0.2, -0.15) is 0 Å². The number of fused-ring (bicyclic) bond motifs is 1. The Morgan fingerprint density at radius 3 is 2.59 bits per heavy atom. The Balaban J connectivity index is 1.75. The summed E-state index contributed by atoms with van der Waals surface area (Å²) in [6.45, 7) is 1.42. The second kappa shape index (κ2) is 5.15. The molecule has 0 unspecified atom stereocenters. The molecule has 1 N–H and O–H groups in total. The van der Waals surface area contributed by atoms with E-state index in [0.717, 1.165) is 34.3 Å². The summed E-state index contributed by atoms with van der Waals surface area (Å²) in [5.41, 5.74) is 4.20. The zero-order chi connectivity index (χ0) is 14.9. The minimum atomic E-state index is -0.0258. The third-order valence-electron chi connectivity index (χ3n) is 4.00. The van der Waals surface area contributed by atoms with Crippen molar-refractivity contribution in [2.45, 2.75) is 0 Å². The lowest BCUT2D eigenvalue weighted by molar-refractivity contribution is 0.252. The SMILES string of the molecule is O=C1NCCN1c1ccc(-c2ccnc3ccccc23)cc1. The lowest BCUT2D eigenvalue weighted by atomic mass is 10.0. The van der Waals surface area contributed by atoms with Crippen molar-refractivity contribution in [2.24, 2.45) is 0 Å². The van der Waals surface area contributed by atoms with Crippen LogP contribution in [0.25, 0.3) is 22.0 Å². The Morgan fingerprint density at radius 2 is 1.82 bits per heavy atom. The van der Waals surface area contributed by atoms with Gasteiger partial charge in [-0.05, 0) is 35.4 Å². The first kappa shape index (κ1) is 12.8. The first-order valence-corrected chi connectivity index (χ1v) is 7.32. The average Bonchev–Trinajstić information content (AvgIpc) is 3.01. The van der Waals surface area contributed by atoms with Crippen LogP contribution in [0.5, 0.6) is 0 Å². The molecule has 4 heteroatoms. The molecule has 22 heavy (non-hydrogen) atoms. The predicted molar refractivity (Wildman–Crippen MR) is 87.9 cm³/mol. The first-order chi connectivity index (χ1) is 10.8. The molecule has 0 radical (unpaired) electrons. The first-order valence-electron chi connectivity index (χ1n) is 7.32. The van der Waals surface area contributed by atoms with Crippen molar-refractivity contribution >= 4 is 22.6 Å². The van der Waals surface area contributed by atoms with Crippen LogP contribution in [0, 0.1) is 0 Å². The van der Waals surface area contributed by atoms with Crippen LogP contribution in [0.1, 0.15) is 0 Å². The zero-order valence-corrected chi connectivity index (χ0v) is 12.0. The number of carbonyl (C=O) groups excluding carboxylic acids is 1. The summed E-state index contributed by atoms with van der Waals surface area (Å²) in [6.07, 6.45) is 1.83. The molecule has 2 heterocycles. The van der Waals surface area contributed by atoms with E-state index < -0.39 is 0 Å². The van der Waals surface area contributed by atoms with Gasteiger partial charge in [0.25, 0.3) is 0 Å². The van der Waals surface area contributed by atoms with Crippen LogP contribution in [-0.2, 0) is 0 Å². The maximum Gasteiger partial charge on any atom is 0.321 e. The quantitative estimate of drug-likeness (QED) is 0.785. The normalized spacial score (nSPS) is 14.4. The average molecular weight is 289 g/mol. The summed E-state index contributed by atoms with van der Waals surface area (Å²) in [5, 5.41) is 3.95. The molecule has 1 aliphatic rings. The third-order valence-corrected chi connectivity index (χ3v) is 4.00. The number of aromatic nitrogens is 1. The number of amides is 2. The van der Waals surface area contributed by atoms with E-state index in [0.29, 0.717) is 6.54 Å². The van der Waals surface area contributed by atoms with Gasteiger partial charge in [0.05, 0.1) is 5.52 Å². The molecule has 0 bridgehead atoms. The summed E-state index contributed by atoms with van der Waals surface area (Å²) < 4.78 is 0. The van der Waals surface area contributed by atoms with Crippen LogP contribution in [0.2, 0.25) is 0 Å². The number of carbonyl (C=O) groups is 1. The van der Waals surface area contributed by atoms with E-state index in [-0.39, 0.29) is 6.03 Å². The van der Waals surface area contributed by atoms with Crippen molar-refractivity contribution in [2.75, 3.05) is 18.0 Å². The molecule has 2 amide bonds. The zero-order valence-electron chi connectivity index (χ0n) is 12.0. The van der Waals surface area contributed by atoms with Crippen LogP contribution in [0.15, 0.2) is 60.8 Å². The summed E-state index contributed by atoms with van der Waals surface area (Å²) in [4.78, 5) is 17.9. The van der Waals surface area contributed by atoms with Crippen LogP contribution in [0.4, 0.5) is 10.5 Å². The summed E-state index contributed by atoms with van der Waals surface area (Å²) >= 11 is 0. The minimum Gasteiger partial charge on any atom is -0.336 e. The van der Waals surface area contributed by atoms with Crippen molar-refractivity contribution in [1.82, 2.24) is 10.3 Å². The number of hydrogen-bond acceptors (Lipinski definition) is 2. The summed E-state index contributed by atoms with van der Waals surface area (Å²) in [7, 11) is 0. The van der Waals surface area contributed by atoms with Crippen molar-refractivity contribution in [3.63, 3.8) is 0 Å². The third kappa shape index (κ3) is 2.09. The minimum absolute atomic E-state index is 0.0258. The van der Waals surface area contributed by atoms with Crippen molar-refractivity contribution in [3.05, 3.63) is 60.8 Å². The molecule has 3 aromatic rings. The molecule has 4 nitrogen and oxygen atoms in total. The van der Waals surface area contributed by atoms with Crippen LogP contribution in [0.3, 0.4) is 0 Å². The summed E-state index contributed by atoms with van der Waals surface area (Å²) in [5.74, 6) is 0. The Kier molecular flexibility index (Phi) is 3.00. The van der Waals surface area contributed by atoms with E-state index in [2.05, 4.69) is 28.5 Å². The lowest BCUT2D eigenvalue weighted by Gasteiger charge is -2.15. The molecule has 1 aromatic heterocycles. The Bertz CT molecular complexity index is 837. The van der Waals surface area contributed by atoms with E-state index >= 15 is 0 Å². The van der Waals surface area contributed by atoms with Gasteiger partial charge in [0.1, 0.15) is 0 Å². The number of pyridine rings is 1. The van der Waals surface area contributed by atoms with Gasteiger partial charge in [0.2, 0.25) is 0 Å². The maximum absolute atomic E-state index is 11.7. The fourth-order valence-electron chi connectivity index (χ4n) is 2.89. The van der Waals surface area contributed by atoms with Gasteiger partial charge in [-0.15, -0.1) is 0 Å². The Hall–Kier alpha value is -2.88. The molecule has 0 saturated carbocycles. The van der Waals surface area contributed by atoms with E-state index in [4.69, 9.17) is 0 Å². The smallest absolute Gasteiger partial charge is 0.321 e. The van der Waals surface area contributed by atoms with E-state index in [1.54, 1.807) is 4.90 Å². The molecule has 0 atom stereocenters. The monoisotopic (exact) mass is 289 g/mol. The molecule has 4 rings (SSSR count). The summed E-state index contributed by atoms with van der Waals surface area (Å²) in [6, 6.07) is 18.2. The van der Waals surface area contributed by atoms with Crippen LogP contribution >= 0.6 is 0 Å². The highest BCUT2D eigenvalue weighted by atomic mass is 16.2. The number of rotatable bonds is 2. The van der Waals surface area contributed by atoms with Gasteiger partial charge >= 0.3 is 6.03 Å². The highest BCUT2D eigenvalue weighted by Gasteiger charge is 2.20. The molecule has 1 fully saturated rings. The van der Waals surface area contributed by atoms with Crippen molar-refractivity contribution in [3.8, 4) is 11.1 Å². The topological polar surface area (TPSA) is 45.2 Å². The number of nitrogens with zero attached hydrogens (tertiary/aromatic N) is 2. The molecule has 0 spiro atoms. The van der Waals surface area contributed by atoms with Gasteiger partial charge < -0.3 is 5.32 Å². The number of benzene rings is 2. The number of urea groups is 1. The van der Waals surface area contributed by atoms with E-state index in [1.165, 1.54) is 0 Å². The lowest BCUT2D eigenvalue weighted by Crippen LogP contribution is -2.27. The predicted octanol–water partition coefficient (Wildman–Crippen LogP) is 3.43. The molecular formula is C18H15N3O. The number of para-hydroxylation sites is 1. The van der Waals surface area contributed by atoms with Gasteiger partial charge in [0.15, 0.2) is 0 Å². The molecule has 1 saturated heterocycles. The van der Waals surface area contributed by atoms with Crippen LogP contribution < -0.4 is 10.2 Å². The molecular weight excluding hydrogens is 274 g/mol.